The molecule has 0 radical (unpaired) electrons. The standard InChI is InChI=1S/C33H38N2O.ClH/c1-24-8-7-11-28(18-24)31(20-29(36)19-25-14-16-26(21-34)17-15-25)32-23-35(22-27-9-3-2-4-10-27)33-13-6-5-12-30(32)33;/h5-8,11-18,23,27,31H,2-4,9-10,19-22,34H2,1H3;1H. The molecule has 0 bridgehead atoms. The SMILES string of the molecule is Cc1cccc(C(CC(=O)Cc2ccc(CN)cc2)c2cn(CC3CCCCC3)c3ccccc23)c1.Cl. The van der Waals surface area contributed by atoms with Crippen molar-refractivity contribution in [3.63, 3.8) is 0 Å². The molecule has 0 aliphatic heterocycles. The van der Waals surface area contributed by atoms with E-state index in [9.17, 15) is 4.79 Å². The number of halogens is 1. The molecule has 1 saturated carbocycles. The summed E-state index contributed by atoms with van der Waals surface area (Å²) in [7, 11) is 0. The van der Waals surface area contributed by atoms with Gasteiger partial charge in [0.05, 0.1) is 0 Å². The average Bonchev–Trinajstić information content (AvgIpc) is 3.26. The highest BCUT2D eigenvalue weighted by Gasteiger charge is 2.24. The third-order valence-corrected chi connectivity index (χ3v) is 7.91. The fourth-order valence-electron chi connectivity index (χ4n) is 5.97. The van der Waals surface area contributed by atoms with Gasteiger partial charge in [0.1, 0.15) is 5.78 Å². The Labute approximate surface area is 227 Å². The molecule has 1 aliphatic carbocycles. The lowest BCUT2D eigenvalue weighted by molar-refractivity contribution is -0.118. The molecule has 1 unspecified atom stereocenters. The fraction of sp³-hybridized carbons (Fsp3) is 0.364. The molecule has 1 fully saturated rings. The third-order valence-electron chi connectivity index (χ3n) is 7.91. The zero-order valence-corrected chi connectivity index (χ0v) is 22.7. The number of nitrogens with two attached hydrogens (primary N) is 1. The van der Waals surface area contributed by atoms with Gasteiger partial charge in [-0.3, -0.25) is 4.79 Å². The van der Waals surface area contributed by atoms with Crippen LogP contribution < -0.4 is 5.73 Å². The lowest BCUT2D eigenvalue weighted by atomic mass is 9.85. The van der Waals surface area contributed by atoms with Crippen LogP contribution in [0.25, 0.3) is 10.9 Å². The maximum absolute atomic E-state index is 13.4. The van der Waals surface area contributed by atoms with Crippen molar-refractivity contribution in [2.45, 2.75) is 70.9 Å². The second kappa shape index (κ2) is 12.6. The molecule has 4 heteroatoms. The molecule has 0 amide bonds. The Balaban J connectivity index is 0.00000320. The number of rotatable bonds is 9. The van der Waals surface area contributed by atoms with Gasteiger partial charge in [-0.25, -0.2) is 0 Å². The summed E-state index contributed by atoms with van der Waals surface area (Å²) in [6.07, 6.45) is 10.0. The van der Waals surface area contributed by atoms with E-state index in [4.69, 9.17) is 5.73 Å². The fourth-order valence-corrected chi connectivity index (χ4v) is 5.97. The van der Waals surface area contributed by atoms with Crippen molar-refractivity contribution < 1.29 is 4.79 Å². The minimum absolute atomic E-state index is 0. The Hall–Kier alpha value is -2.88. The van der Waals surface area contributed by atoms with Crippen LogP contribution in [0.15, 0.2) is 79.0 Å². The first kappa shape index (κ1) is 27.2. The number of carbonyl (C=O) groups excluding carboxylic acids is 1. The van der Waals surface area contributed by atoms with E-state index in [0.717, 1.165) is 23.6 Å². The summed E-state index contributed by atoms with van der Waals surface area (Å²) in [4.78, 5) is 13.4. The van der Waals surface area contributed by atoms with Crippen molar-refractivity contribution in [3.8, 4) is 0 Å². The summed E-state index contributed by atoms with van der Waals surface area (Å²) in [6, 6.07) is 25.6. The van der Waals surface area contributed by atoms with E-state index in [0.29, 0.717) is 19.4 Å². The van der Waals surface area contributed by atoms with Crippen LogP contribution in [-0.4, -0.2) is 10.4 Å². The Bertz CT molecular complexity index is 1320. The monoisotopic (exact) mass is 514 g/mol. The van der Waals surface area contributed by atoms with E-state index in [1.54, 1.807) is 0 Å². The van der Waals surface area contributed by atoms with E-state index in [-0.39, 0.29) is 24.1 Å². The molecule has 37 heavy (non-hydrogen) atoms. The summed E-state index contributed by atoms with van der Waals surface area (Å²) < 4.78 is 2.47. The Morgan fingerprint density at radius 2 is 1.68 bits per heavy atom. The molecule has 0 spiro atoms. The number of aryl methyl sites for hydroxylation is 1. The largest absolute Gasteiger partial charge is 0.347 e. The van der Waals surface area contributed by atoms with Gasteiger partial charge in [0.2, 0.25) is 0 Å². The minimum Gasteiger partial charge on any atom is -0.347 e. The third kappa shape index (κ3) is 6.52. The number of ketones is 1. The second-order valence-electron chi connectivity index (χ2n) is 10.7. The van der Waals surface area contributed by atoms with E-state index in [2.05, 4.69) is 66.2 Å². The lowest BCUT2D eigenvalue weighted by Gasteiger charge is -2.22. The second-order valence-corrected chi connectivity index (χ2v) is 10.7. The number of nitrogens with zero attached hydrogens (tertiary/aromatic N) is 1. The molecule has 0 saturated heterocycles. The van der Waals surface area contributed by atoms with Crippen molar-refractivity contribution in [1.82, 2.24) is 4.57 Å². The number of fused-ring (bicyclic) bond motifs is 1. The van der Waals surface area contributed by atoms with E-state index in [1.165, 1.54) is 59.7 Å². The molecule has 1 aliphatic rings. The van der Waals surface area contributed by atoms with Gasteiger partial charge in [0.25, 0.3) is 0 Å². The maximum atomic E-state index is 13.4. The van der Waals surface area contributed by atoms with E-state index in [1.807, 2.05) is 24.3 Å². The maximum Gasteiger partial charge on any atom is 0.138 e. The summed E-state index contributed by atoms with van der Waals surface area (Å²) in [5, 5.41) is 1.28. The van der Waals surface area contributed by atoms with Gasteiger partial charge in [0.15, 0.2) is 0 Å². The number of hydrogen-bond donors (Lipinski definition) is 1. The molecule has 4 aromatic rings. The molecule has 1 heterocycles. The van der Waals surface area contributed by atoms with Crippen LogP contribution in [0.3, 0.4) is 0 Å². The number of para-hydroxylation sites is 1. The number of carbonyl (C=O) groups is 1. The summed E-state index contributed by atoms with van der Waals surface area (Å²) in [5.41, 5.74) is 12.9. The highest BCUT2D eigenvalue weighted by molar-refractivity contribution is 5.87. The Morgan fingerprint density at radius 1 is 0.946 bits per heavy atom. The molecule has 1 atom stereocenters. The number of aromatic nitrogens is 1. The highest BCUT2D eigenvalue weighted by atomic mass is 35.5. The first-order chi connectivity index (χ1) is 17.6. The van der Waals surface area contributed by atoms with E-state index < -0.39 is 0 Å². The molecular weight excluding hydrogens is 476 g/mol. The first-order valence-corrected chi connectivity index (χ1v) is 13.5. The van der Waals surface area contributed by atoms with Crippen LogP contribution in [0.1, 0.15) is 72.3 Å². The van der Waals surface area contributed by atoms with Crippen LogP contribution in [0.4, 0.5) is 0 Å². The van der Waals surface area contributed by atoms with Crippen LogP contribution >= 0.6 is 12.4 Å². The summed E-state index contributed by atoms with van der Waals surface area (Å²) in [6.45, 7) is 3.73. The topological polar surface area (TPSA) is 48.0 Å². The van der Waals surface area contributed by atoms with Crippen LogP contribution in [0, 0.1) is 12.8 Å². The van der Waals surface area contributed by atoms with Crippen molar-refractivity contribution >= 4 is 29.1 Å². The van der Waals surface area contributed by atoms with Gasteiger partial charge in [-0.15, -0.1) is 12.4 Å². The molecule has 2 N–H and O–H groups in total. The van der Waals surface area contributed by atoms with Gasteiger partial charge < -0.3 is 10.3 Å². The molecule has 1 aromatic heterocycles. The zero-order chi connectivity index (χ0) is 24.9. The number of hydrogen-bond acceptors (Lipinski definition) is 2. The molecular formula is C33H39ClN2O. The zero-order valence-electron chi connectivity index (χ0n) is 21.9. The van der Waals surface area contributed by atoms with Gasteiger partial charge in [-0.2, -0.15) is 0 Å². The molecule has 3 nitrogen and oxygen atoms in total. The predicted molar refractivity (Wildman–Crippen MR) is 156 cm³/mol. The van der Waals surface area contributed by atoms with Gasteiger partial charge in [-0.05, 0) is 54.0 Å². The smallest absolute Gasteiger partial charge is 0.138 e. The van der Waals surface area contributed by atoms with Gasteiger partial charge >= 0.3 is 0 Å². The quantitative estimate of drug-likeness (QED) is 0.248. The molecule has 3 aromatic carbocycles. The Morgan fingerprint density at radius 3 is 2.41 bits per heavy atom. The average molecular weight is 515 g/mol. The van der Waals surface area contributed by atoms with Crippen molar-refractivity contribution in [1.29, 1.82) is 0 Å². The molecule has 5 rings (SSSR count). The number of Topliss-reactive ketones (excluding diaryl/α,β-unsaturated/α-hetero) is 1. The van der Waals surface area contributed by atoms with Crippen LogP contribution in [0.5, 0.6) is 0 Å². The summed E-state index contributed by atoms with van der Waals surface area (Å²) >= 11 is 0. The molecule has 194 valence electrons. The lowest BCUT2D eigenvalue weighted by Crippen LogP contribution is -2.14. The van der Waals surface area contributed by atoms with Crippen molar-refractivity contribution in [2.24, 2.45) is 11.7 Å². The number of benzene rings is 3. The summed E-state index contributed by atoms with van der Waals surface area (Å²) in [5.74, 6) is 1.06. The van der Waals surface area contributed by atoms with Crippen molar-refractivity contribution in [2.75, 3.05) is 0 Å². The normalized spacial score (nSPS) is 14.9. The highest BCUT2D eigenvalue weighted by Crippen LogP contribution is 2.37. The van der Waals surface area contributed by atoms with E-state index >= 15 is 0 Å². The Kier molecular flexibility index (Phi) is 9.23. The van der Waals surface area contributed by atoms with Gasteiger partial charge in [-0.1, -0.05) is 91.6 Å². The van der Waals surface area contributed by atoms with Gasteiger partial charge in [0, 0.05) is 48.9 Å². The van der Waals surface area contributed by atoms with Crippen LogP contribution in [0.2, 0.25) is 0 Å². The van der Waals surface area contributed by atoms with Crippen LogP contribution in [-0.2, 0) is 24.3 Å². The predicted octanol–water partition coefficient (Wildman–Crippen LogP) is 7.74. The van der Waals surface area contributed by atoms with Crippen molar-refractivity contribution in [3.05, 3.63) is 107 Å². The first-order valence-electron chi connectivity index (χ1n) is 13.5. The minimum atomic E-state index is 0.